The third-order valence-corrected chi connectivity index (χ3v) is 4.85. The van der Waals surface area contributed by atoms with Gasteiger partial charge >= 0.3 is 5.97 Å². The van der Waals surface area contributed by atoms with Gasteiger partial charge in [0.05, 0.1) is 12.5 Å². The molecule has 6 heteroatoms. The second kappa shape index (κ2) is 6.87. The molecule has 1 atom stereocenters. The first-order valence-electron chi connectivity index (χ1n) is 6.29. The maximum Gasteiger partial charge on any atom is 0.305 e. The highest BCUT2D eigenvalue weighted by Gasteiger charge is 2.20. The molecule has 0 aliphatic rings. The van der Waals surface area contributed by atoms with Crippen molar-refractivity contribution in [1.82, 2.24) is 5.32 Å². The Labute approximate surface area is 134 Å². The van der Waals surface area contributed by atoms with E-state index in [0.717, 1.165) is 14.9 Å². The molecule has 0 spiro atoms. The average molecular weight is 368 g/mol. The van der Waals surface area contributed by atoms with Crippen LogP contribution in [0.2, 0.25) is 0 Å². The first-order valence-corrected chi connectivity index (χ1v) is 7.97. The van der Waals surface area contributed by atoms with Gasteiger partial charge in [0, 0.05) is 14.9 Å². The number of hydrogen-bond acceptors (Lipinski definition) is 3. The highest BCUT2D eigenvalue weighted by Crippen LogP contribution is 2.23. The van der Waals surface area contributed by atoms with Crippen LogP contribution in [0.1, 0.15) is 33.3 Å². The van der Waals surface area contributed by atoms with E-state index in [9.17, 15) is 9.59 Å². The molecule has 1 unspecified atom stereocenters. The van der Waals surface area contributed by atoms with Crippen LogP contribution in [0, 0.1) is 6.92 Å². The number of halogens is 1. The van der Waals surface area contributed by atoms with E-state index in [1.54, 1.807) is 12.1 Å². The third-order valence-electron chi connectivity index (χ3n) is 3.00. The van der Waals surface area contributed by atoms with Gasteiger partial charge in [0.15, 0.2) is 0 Å². The van der Waals surface area contributed by atoms with Crippen LogP contribution in [-0.2, 0) is 4.79 Å². The molecule has 2 aromatic rings. The minimum atomic E-state index is -0.946. The van der Waals surface area contributed by atoms with Gasteiger partial charge in [-0.15, -0.1) is 11.3 Å². The summed E-state index contributed by atoms with van der Waals surface area (Å²) >= 11 is 4.82. The third kappa shape index (κ3) is 4.15. The summed E-state index contributed by atoms with van der Waals surface area (Å²) in [6.07, 6.45) is -0.140. The number of aryl methyl sites for hydroxylation is 1. The molecule has 0 saturated carbocycles. The maximum atomic E-state index is 12.3. The van der Waals surface area contributed by atoms with Crippen LogP contribution in [0.15, 0.2) is 40.2 Å². The van der Waals surface area contributed by atoms with Gasteiger partial charge in [-0.2, -0.15) is 0 Å². The van der Waals surface area contributed by atoms with E-state index < -0.39 is 12.0 Å². The van der Waals surface area contributed by atoms with E-state index in [-0.39, 0.29) is 12.3 Å². The molecule has 1 amide bonds. The summed E-state index contributed by atoms with van der Waals surface area (Å²) in [4.78, 5) is 24.1. The van der Waals surface area contributed by atoms with Crippen LogP contribution >= 0.6 is 27.3 Å². The van der Waals surface area contributed by atoms with Crippen LogP contribution in [0.25, 0.3) is 0 Å². The molecule has 2 rings (SSSR count). The first-order chi connectivity index (χ1) is 9.97. The Balaban J connectivity index is 2.17. The molecule has 1 aromatic heterocycles. The molecule has 0 radical (unpaired) electrons. The Hall–Kier alpha value is -1.66. The molecular formula is C15H14BrNO3S. The van der Waals surface area contributed by atoms with Gasteiger partial charge in [-0.1, -0.05) is 28.1 Å². The van der Waals surface area contributed by atoms with Crippen molar-refractivity contribution in [2.75, 3.05) is 0 Å². The fourth-order valence-electron chi connectivity index (χ4n) is 1.86. The number of rotatable bonds is 5. The topological polar surface area (TPSA) is 66.4 Å². The summed E-state index contributed by atoms with van der Waals surface area (Å²) in [5.41, 5.74) is 1.53. The zero-order valence-corrected chi connectivity index (χ0v) is 13.7. The number of amides is 1. The molecule has 0 bridgehead atoms. The number of carboxylic acid groups (broad SMARTS) is 1. The van der Waals surface area contributed by atoms with Gasteiger partial charge in [0.25, 0.3) is 5.91 Å². The van der Waals surface area contributed by atoms with E-state index in [1.807, 2.05) is 30.5 Å². The molecule has 0 fully saturated rings. The molecule has 0 aliphatic heterocycles. The Morgan fingerprint density at radius 2 is 2.14 bits per heavy atom. The molecule has 2 N–H and O–H groups in total. The van der Waals surface area contributed by atoms with Crippen molar-refractivity contribution in [2.45, 2.75) is 19.4 Å². The zero-order valence-electron chi connectivity index (χ0n) is 11.3. The smallest absolute Gasteiger partial charge is 0.305 e. The van der Waals surface area contributed by atoms with Gasteiger partial charge in [-0.25, -0.2) is 0 Å². The summed E-state index contributed by atoms with van der Waals surface area (Å²) in [5, 5.41) is 13.6. The largest absolute Gasteiger partial charge is 0.481 e. The minimum absolute atomic E-state index is 0.140. The first kappa shape index (κ1) is 15.7. The minimum Gasteiger partial charge on any atom is -0.481 e. The number of carbonyl (C=O) groups is 2. The van der Waals surface area contributed by atoms with Crippen molar-refractivity contribution in [3.05, 3.63) is 56.2 Å². The number of aliphatic carboxylic acids is 1. The molecular weight excluding hydrogens is 354 g/mol. The number of benzene rings is 1. The highest BCUT2D eigenvalue weighted by molar-refractivity contribution is 9.10. The van der Waals surface area contributed by atoms with E-state index in [2.05, 4.69) is 21.2 Å². The van der Waals surface area contributed by atoms with Crippen LogP contribution in [0.4, 0.5) is 0 Å². The van der Waals surface area contributed by atoms with Crippen LogP contribution < -0.4 is 5.32 Å². The van der Waals surface area contributed by atoms with Crippen molar-refractivity contribution >= 4 is 39.1 Å². The normalized spacial score (nSPS) is 11.9. The SMILES string of the molecule is Cc1ccc(C(=O)NC(CC(=O)O)c2cccs2)cc1Br. The molecule has 1 aromatic carbocycles. The predicted molar refractivity (Wildman–Crippen MR) is 85.7 cm³/mol. The second-order valence-electron chi connectivity index (χ2n) is 4.60. The van der Waals surface area contributed by atoms with Gasteiger partial charge in [-0.3, -0.25) is 9.59 Å². The zero-order chi connectivity index (χ0) is 15.4. The van der Waals surface area contributed by atoms with E-state index in [4.69, 9.17) is 5.11 Å². The molecule has 4 nitrogen and oxygen atoms in total. The molecule has 21 heavy (non-hydrogen) atoms. The van der Waals surface area contributed by atoms with Crippen LogP contribution in [0.5, 0.6) is 0 Å². The van der Waals surface area contributed by atoms with Crippen molar-refractivity contribution in [3.8, 4) is 0 Å². The number of hydrogen-bond donors (Lipinski definition) is 2. The number of carboxylic acids is 1. The molecule has 0 aliphatic carbocycles. The standard InChI is InChI=1S/C15H14BrNO3S/c1-9-4-5-10(7-11(9)16)15(20)17-12(8-14(18)19)13-3-2-6-21-13/h2-7,12H,8H2,1H3,(H,17,20)(H,18,19). The lowest BCUT2D eigenvalue weighted by Crippen LogP contribution is -2.29. The highest BCUT2D eigenvalue weighted by atomic mass is 79.9. The fraction of sp³-hybridized carbons (Fsp3) is 0.200. The van der Waals surface area contributed by atoms with Gasteiger partial charge in [0.2, 0.25) is 0 Å². The lowest BCUT2D eigenvalue weighted by molar-refractivity contribution is -0.137. The molecule has 110 valence electrons. The van der Waals surface area contributed by atoms with Crippen LogP contribution in [0.3, 0.4) is 0 Å². The van der Waals surface area contributed by atoms with Crippen molar-refractivity contribution in [2.24, 2.45) is 0 Å². The summed E-state index contributed by atoms with van der Waals surface area (Å²) < 4.78 is 0.848. The number of nitrogens with one attached hydrogen (secondary N) is 1. The summed E-state index contributed by atoms with van der Waals surface area (Å²) in [6, 6.07) is 8.44. The molecule has 0 saturated heterocycles. The Morgan fingerprint density at radius 1 is 1.38 bits per heavy atom. The van der Waals surface area contributed by atoms with E-state index >= 15 is 0 Å². The molecule has 1 heterocycles. The average Bonchev–Trinajstić information content (AvgIpc) is 2.94. The summed E-state index contributed by atoms with van der Waals surface area (Å²) in [7, 11) is 0. The fourth-order valence-corrected chi connectivity index (χ4v) is 3.02. The Kier molecular flexibility index (Phi) is 5.14. The van der Waals surface area contributed by atoms with E-state index in [1.165, 1.54) is 11.3 Å². The summed E-state index contributed by atoms with van der Waals surface area (Å²) in [6.45, 7) is 1.94. The second-order valence-corrected chi connectivity index (χ2v) is 6.44. The van der Waals surface area contributed by atoms with Crippen molar-refractivity contribution in [3.63, 3.8) is 0 Å². The van der Waals surface area contributed by atoms with E-state index in [0.29, 0.717) is 5.56 Å². The predicted octanol–water partition coefficient (Wildman–Crippen LogP) is 3.76. The van der Waals surface area contributed by atoms with Crippen molar-refractivity contribution in [1.29, 1.82) is 0 Å². The van der Waals surface area contributed by atoms with Gasteiger partial charge < -0.3 is 10.4 Å². The van der Waals surface area contributed by atoms with Gasteiger partial charge in [0.1, 0.15) is 0 Å². The monoisotopic (exact) mass is 367 g/mol. The Morgan fingerprint density at radius 3 is 2.71 bits per heavy atom. The van der Waals surface area contributed by atoms with Crippen LogP contribution in [-0.4, -0.2) is 17.0 Å². The lowest BCUT2D eigenvalue weighted by atomic mass is 10.1. The lowest BCUT2D eigenvalue weighted by Gasteiger charge is -2.16. The Bertz CT molecular complexity index is 655. The van der Waals surface area contributed by atoms with Crippen molar-refractivity contribution < 1.29 is 14.7 Å². The number of carbonyl (C=O) groups excluding carboxylic acids is 1. The number of thiophene rings is 1. The van der Waals surface area contributed by atoms with Gasteiger partial charge in [-0.05, 0) is 36.1 Å². The summed E-state index contributed by atoms with van der Waals surface area (Å²) in [5.74, 6) is -1.23. The quantitative estimate of drug-likeness (QED) is 0.845. The maximum absolute atomic E-state index is 12.3.